The molecule has 0 saturated carbocycles. The van der Waals surface area contributed by atoms with Gasteiger partial charge >= 0.3 is 0 Å². The zero-order chi connectivity index (χ0) is 12.8. The van der Waals surface area contributed by atoms with Gasteiger partial charge in [0.15, 0.2) is 0 Å². The maximum atomic E-state index is 11.8. The summed E-state index contributed by atoms with van der Waals surface area (Å²) in [4.78, 5) is 20.0. The molecular weight excluding hydrogens is 230 g/mol. The standard InChI is InChI=1S/C12H15N5O/c1-13-4-5-16-12(18)10-2-3-15-11(8-10)17-7-6-14-9-17/h2-3,6-9,13H,4-5H2,1H3,(H,16,18). The van der Waals surface area contributed by atoms with Gasteiger partial charge in [-0.05, 0) is 19.2 Å². The van der Waals surface area contributed by atoms with Gasteiger partial charge in [0.2, 0.25) is 0 Å². The van der Waals surface area contributed by atoms with Crippen LogP contribution in [-0.4, -0.2) is 40.6 Å². The lowest BCUT2D eigenvalue weighted by Gasteiger charge is -2.06. The van der Waals surface area contributed by atoms with Crippen molar-refractivity contribution in [2.75, 3.05) is 20.1 Å². The topological polar surface area (TPSA) is 71.8 Å². The van der Waals surface area contributed by atoms with Gasteiger partial charge in [-0.3, -0.25) is 9.36 Å². The lowest BCUT2D eigenvalue weighted by Crippen LogP contribution is -2.30. The Kier molecular flexibility index (Phi) is 4.03. The van der Waals surface area contributed by atoms with Gasteiger partial charge in [0, 0.05) is 37.2 Å². The summed E-state index contributed by atoms with van der Waals surface area (Å²) >= 11 is 0. The van der Waals surface area contributed by atoms with Crippen molar-refractivity contribution in [2.45, 2.75) is 0 Å². The normalized spacial score (nSPS) is 10.3. The molecule has 0 aliphatic heterocycles. The van der Waals surface area contributed by atoms with Crippen molar-refractivity contribution in [3.63, 3.8) is 0 Å². The number of carbonyl (C=O) groups excluding carboxylic acids is 1. The number of hydrogen-bond acceptors (Lipinski definition) is 4. The van der Waals surface area contributed by atoms with E-state index in [0.29, 0.717) is 17.9 Å². The highest BCUT2D eigenvalue weighted by Crippen LogP contribution is 2.06. The average Bonchev–Trinajstić information content (AvgIpc) is 2.93. The number of pyridine rings is 1. The highest BCUT2D eigenvalue weighted by molar-refractivity contribution is 5.94. The van der Waals surface area contributed by atoms with Crippen molar-refractivity contribution in [1.82, 2.24) is 25.2 Å². The summed E-state index contributed by atoms with van der Waals surface area (Å²) in [7, 11) is 1.84. The Bertz CT molecular complexity index is 509. The number of likely N-dealkylation sites (N-methyl/N-ethyl adjacent to an activating group) is 1. The summed E-state index contributed by atoms with van der Waals surface area (Å²) in [6.07, 6.45) is 6.71. The predicted octanol–water partition coefficient (Wildman–Crippen LogP) is 0.216. The molecule has 6 nitrogen and oxygen atoms in total. The highest BCUT2D eigenvalue weighted by Gasteiger charge is 2.06. The largest absolute Gasteiger partial charge is 0.351 e. The number of nitrogens with one attached hydrogen (secondary N) is 2. The molecule has 0 unspecified atom stereocenters. The Morgan fingerprint density at radius 2 is 2.28 bits per heavy atom. The van der Waals surface area contributed by atoms with Gasteiger partial charge in [0.25, 0.3) is 5.91 Å². The molecule has 0 aliphatic rings. The minimum Gasteiger partial charge on any atom is -0.351 e. The molecule has 18 heavy (non-hydrogen) atoms. The Morgan fingerprint density at radius 1 is 1.39 bits per heavy atom. The molecule has 2 rings (SSSR count). The van der Waals surface area contributed by atoms with Crippen molar-refractivity contribution in [2.24, 2.45) is 0 Å². The molecule has 0 saturated heterocycles. The molecule has 0 radical (unpaired) electrons. The first kappa shape index (κ1) is 12.3. The summed E-state index contributed by atoms with van der Waals surface area (Å²) in [6.45, 7) is 1.34. The molecule has 0 atom stereocenters. The van der Waals surface area contributed by atoms with E-state index in [0.717, 1.165) is 6.54 Å². The molecule has 0 aromatic carbocycles. The lowest BCUT2D eigenvalue weighted by atomic mass is 10.2. The second kappa shape index (κ2) is 5.92. The number of aromatic nitrogens is 3. The summed E-state index contributed by atoms with van der Waals surface area (Å²) in [6, 6.07) is 3.42. The van der Waals surface area contributed by atoms with Gasteiger partial charge in [-0.1, -0.05) is 0 Å². The molecule has 0 bridgehead atoms. The SMILES string of the molecule is CNCCNC(=O)c1ccnc(-n2ccnc2)c1. The second-order valence-electron chi connectivity index (χ2n) is 3.73. The van der Waals surface area contributed by atoms with Gasteiger partial charge < -0.3 is 10.6 Å². The summed E-state index contributed by atoms with van der Waals surface area (Å²) in [5, 5.41) is 5.79. The maximum Gasteiger partial charge on any atom is 0.251 e. The van der Waals surface area contributed by atoms with Gasteiger partial charge in [-0.15, -0.1) is 0 Å². The van der Waals surface area contributed by atoms with Crippen LogP contribution in [0.25, 0.3) is 5.82 Å². The van der Waals surface area contributed by atoms with Crippen LogP contribution in [0.1, 0.15) is 10.4 Å². The van der Waals surface area contributed by atoms with E-state index in [2.05, 4.69) is 20.6 Å². The number of rotatable bonds is 5. The number of carbonyl (C=O) groups is 1. The van der Waals surface area contributed by atoms with Crippen LogP contribution in [0, 0.1) is 0 Å². The van der Waals surface area contributed by atoms with Crippen LogP contribution in [0.2, 0.25) is 0 Å². The molecule has 2 aromatic heterocycles. The Morgan fingerprint density at radius 3 is 3.00 bits per heavy atom. The van der Waals surface area contributed by atoms with Crippen LogP contribution in [0.15, 0.2) is 37.1 Å². The summed E-state index contributed by atoms with van der Waals surface area (Å²) in [5.74, 6) is 0.572. The van der Waals surface area contributed by atoms with Crippen LogP contribution in [-0.2, 0) is 0 Å². The zero-order valence-corrected chi connectivity index (χ0v) is 10.1. The number of imidazole rings is 1. The van der Waals surface area contributed by atoms with Crippen molar-refractivity contribution < 1.29 is 4.79 Å². The second-order valence-corrected chi connectivity index (χ2v) is 3.73. The van der Waals surface area contributed by atoms with Crippen LogP contribution >= 0.6 is 0 Å². The zero-order valence-electron chi connectivity index (χ0n) is 10.1. The quantitative estimate of drug-likeness (QED) is 0.739. The number of nitrogens with zero attached hydrogens (tertiary/aromatic N) is 3. The highest BCUT2D eigenvalue weighted by atomic mass is 16.1. The molecule has 2 aromatic rings. The summed E-state index contributed by atoms with van der Waals surface area (Å²) < 4.78 is 1.75. The fourth-order valence-corrected chi connectivity index (χ4v) is 1.50. The first-order valence-corrected chi connectivity index (χ1v) is 5.68. The van der Waals surface area contributed by atoms with Crippen LogP contribution in [0.3, 0.4) is 0 Å². The maximum absolute atomic E-state index is 11.8. The molecule has 1 amide bonds. The molecule has 0 aliphatic carbocycles. The molecule has 6 heteroatoms. The summed E-state index contributed by atoms with van der Waals surface area (Å²) in [5.41, 5.74) is 0.588. The van der Waals surface area contributed by atoms with Crippen molar-refractivity contribution in [1.29, 1.82) is 0 Å². The minimum absolute atomic E-state index is 0.103. The van der Waals surface area contributed by atoms with Crippen molar-refractivity contribution in [3.05, 3.63) is 42.6 Å². The molecule has 0 fully saturated rings. The van der Waals surface area contributed by atoms with Crippen LogP contribution in [0.4, 0.5) is 0 Å². The minimum atomic E-state index is -0.103. The van der Waals surface area contributed by atoms with Crippen molar-refractivity contribution in [3.8, 4) is 5.82 Å². The third-order valence-electron chi connectivity index (χ3n) is 2.44. The van der Waals surface area contributed by atoms with E-state index in [-0.39, 0.29) is 5.91 Å². The molecule has 2 heterocycles. The predicted molar refractivity (Wildman–Crippen MR) is 67.6 cm³/mol. The molecule has 94 valence electrons. The third-order valence-corrected chi connectivity index (χ3v) is 2.44. The molecule has 0 spiro atoms. The van der Waals surface area contributed by atoms with Gasteiger partial charge in [-0.25, -0.2) is 9.97 Å². The van der Waals surface area contributed by atoms with Crippen molar-refractivity contribution >= 4 is 5.91 Å². The Balaban J connectivity index is 2.10. The van der Waals surface area contributed by atoms with E-state index in [4.69, 9.17) is 0 Å². The first-order valence-electron chi connectivity index (χ1n) is 5.68. The van der Waals surface area contributed by atoms with E-state index >= 15 is 0 Å². The molecular formula is C12H15N5O. The fraction of sp³-hybridized carbons (Fsp3) is 0.250. The number of amides is 1. The van der Waals surface area contributed by atoms with E-state index in [1.807, 2.05) is 7.05 Å². The third kappa shape index (κ3) is 2.92. The van der Waals surface area contributed by atoms with Crippen LogP contribution < -0.4 is 10.6 Å². The Labute approximate surface area is 105 Å². The van der Waals surface area contributed by atoms with Gasteiger partial charge in [-0.2, -0.15) is 0 Å². The van der Waals surface area contributed by atoms with E-state index in [9.17, 15) is 4.79 Å². The van der Waals surface area contributed by atoms with Gasteiger partial charge in [0.1, 0.15) is 12.1 Å². The lowest BCUT2D eigenvalue weighted by molar-refractivity contribution is 0.0954. The fourth-order valence-electron chi connectivity index (χ4n) is 1.50. The molecule has 2 N–H and O–H groups in total. The van der Waals surface area contributed by atoms with Crippen LogP contribution in [0.5, 0.6) is 0 Å². The van der Waals surface area contributed by atoms with E-state index in [1.54, 1.807) is 41.6 Å². The first-order chi connectivity index (χ1) is 8.81. The Hall–Kier alpha value is -2.21. The number of hydrogen-bond donors (Lipinski definition) is 2. The average molecular weight is 245 g/mol. The monoisotopic (exact) mass is 245 g/mol. The smallest absolute Gasteiger partial charge is 0.251 e. The van der Waals surface area contributed by atoms with E-state index < -0.39 is 0 Å². The van der Waals surface area contributed by atoms with E-state index in [1.165, 1.54) is 0 Å². The van der Waals surface area contributed by atoms with Gasteiger partial charge in [0.05, 0.1) is 0 Å².